The van der Waals surface area contributed by atoms with Gasteiger partial charge in [0.15, 0.2) is 0 Å². The van der Waals surface area contributed by atoms with Crippen molar-refractivity contribution in [1.29, 1.82) is 0 Å². The molecule has 0 aliphatic rings. The first-order valence-corrected chi connectivity index (χ1v) is 3.60. The van der Waals surface area contributed by atoms with Gasteiger partial charge in [-0.05, 0) is 13.0 Å². The van der Waals surface area contributed by atoms with Crippen molar-refractivity contribution in [2.75, 3.05) is 13.7 Å². The van der Waals surface area contributed by atoms with Crippen LogP contribution in [-0.2, 0) is 11.2 Å². The van der Waals surface area contributed by atoms with E-state index in [0.717, 1.165) is 24.5 Å². The molecular weight excluding hydrogens is 140 g/mol. The Balaban J connectivity index is 2.56. The van der Waals surface area contributed by atoms with Crippen LogP contribution in [0.25, 0.3) is 0 Å². The van der Waals surface area contributed by atoms with Crippen molar-refractivity contribution in [3.63, 3.8) is 0 Å². The van der Waals surface area contributed by atoms with E-state index in [9.17, 15) is 0 Å². The summed E-state index contributed by atoms with van der Waals surface area (Å²) in [5, 5.41) is 0. The van der Waals surface area contributed by atoms with E-state index in [4.69, 9.17) is 4.74 Å². The number of aromatic nitrogens is 2. The summed E-state index contributed by atoms with van der Waals surface area (Å²) in [7, 11) is 1.69. The number of hydrogen-bond donors (Lipinski definition) is 0. The van der Waals surface area contributed by atoms with Crippen molar-refractivity contribution in [3.8, 4) is 0 Å². The summed E-state index contributed by atoms with van der Waals surface area (Å²) in [5.41, 5.74) is 1.04. The molecule has 0 aromatic carbocycles. The molecule has 0 fully saturated rings. The molecular formula is C8H12N2O. The van der Waals surface area contributed by atoms with Gasteiger partial charge >= 0.3 is 0 Å². The minimum atomic E-state index is 0.719. The molecule has 0 aliphatic carbocycles. The van der Waals surface area contributed by atoms with Crippen LogP contribution >= 0.6 is 0 Å². The highest BCUT2D eigenvalue weighted by Crippen LogP contribution is 1.95. The first-order valence-electron chi connectivity index (χ1n) is 3.60. The number of methoxy groups -OCH3 is 1. The Morgan fingerprint density at radius 3 is 3.00 bits per heavy atom. The lowest BCUT2D eigenvalue weighted by Gasteiger charge is -1.98. The number of aryl methyl sites for hydroxylation is 1. The zero-order chi connectivity index (χ0) is 8.10. The summed E-state index contributed by atoms with van der Waals surface area (Å²) in [5.74, 6) is 0.818. The highest BCUT2D eigenvalue weighted by Gasteiger charge is 1.93. The topological polar surface area (TPSA) is 35.0 Å². The molecule has 0 saturated heterocycles. The third-order valence-electron chi connectivity index (χ3n) is 1.40. The van der Waals surface area contributed by atoms with Crippen molar-refractivity contribution in [3.05, 3.63) is 23.8 Å². The molecule has 0 unspecified atom stereocenters. The largest absolute Gasteiger partial charge is 0.384 e. The van der Waals surface area contributed by atoms with E-state index in [-0.39, 0.29) is 0 Å². The van der Waals surface area contributed by atoms with Crippen LogP contribution in [0, 0.1) is 6.92 Å². The summed E-state index contributed by atoms with van der Waals surface area (Å²) in [6.45, 7) is 2.60. The predicted molar refractivity (Wildman–Crippen MR) is 42.3 cm³/mol. The van der Waals surface area contributed by atoms with E-state index in [0.29, 0.717) is 0 Å². The van der Waals surface area contributed by atoms with Crippen LogP contribution in [0.15, 0.2) is 12.3 Å². The highest BCUT2D eigenvalue weighted by atomic mass is 16.5. The number of nitrogens with zero attached hydrogens (tertiary/aromatic N) is 2. The van der Waals surface area contributed by atoms with E-state index in [1.54, 1.807) is 13.3 Å². The molecule has 0 atom stereocenters. The fourth-order valence-electron chi connectivity index (χ4n) is 0.851. The van der Waals surface area contributed by atoms with Crippen LogP contribution in [0.4, 0.5) is 0 Å². The van der Waals surface area contributed by atoms with Crippen molar-refractivity contribution in [2.45, 2.75) is 13.3 Å². The van der Waals surface area contributed by atoms with Gasteiger partial charge in [-0.2, -0.15) is 0 Å². The van der Waals surface area contributed by atoms with Crippen molar-refractivity contribution >= 4 is 0 Å². The Kier molecular flexibility index (Phi) is 2.98. The first kappa shape index (κ1) is 8.14. The monoisotopic (exact) mass is 152 g/mol. The summed E-state index contributed by atoms with van der Waals surface area (Å²) < 4.78 is 4.93. The van der Waals surface area contributed by atoms with Gasteiger partial charge in [-0.1, -0.05) is 0 Å². The van der Waals surface area contributed by atoms with Gasteiger partial charge in [0.25, 0.3) is 0 Å². The molecule has 3 heteroatoms. The lowest BCUT2D eigenvalue weighted by atomic mass is 10.3. The maximum absolute atomic E-state index is 4.93. The maximum Gasteiger partial charge on any atom is 0.125 e. The standard InChI is InChI=1S/C8H12N2O/c1-7-9-5-3-8(10-7)4-6-11-2/h3,5H,4,6H2,1-2H3. The molecule has 0 amide bonds. The second-order valence-corrected chi connectivity index (χ2v) is 2.34. The molecule has 1 heterocycles. The van der Waals surface area contributed by atoms with Gasteiger partial charge in [-0.3, -0.25) is 0 Å². The number of ether oxygens (including phenoxy) is 1. The van der Waals surface area contributed by atoms with E-state index < -0.39 is 0 Å². The second kappa shape index (κ2) is 4.03. The molecule has 0 bridgehead atoms. The zero-order valence-corrected chi connectivity index (χ0v) is 6.87. The Hall–Kier alpha value is -0.960. The predicted octanol–water partition coefficient (Wildman–Crippen LogP) is 0.974. The molecule has 11 heavy (non-hydrogen) atoms. The minimum absolute atomic E-state index is 0.719. The summed E-state index contributed by atoms with van der Waals surface area (Å²) in [6.07, 6.45) is 2.63. The summed E-state index contributed by atoms with van der Waals surface area (Å²) >= 11 is 0. The third-order valence-corrected chi connectivity index (χ3v) is 1.40. The Morgan fingerprint density at radius 1 is 1.55 bits per heavy atom. The smallest absolute Gasteiger partial charge is 0.125 e. The molecule has 0 saturated carbocycles. The molecule has 60 valence electrons. The second-order valence-electron chi connectivity index (χ2n) is 2.34. The third kappa shape index (κ3) is 2.63. The lowest BCUT2D eigenvalue weighted by molar-refractivity contribution is 0.201. The molecule has 0 spiro atoms. The van der Waals surface area contributed by atoms with Crippen molar-refractivity contribution in [1.82, 2.24) is 9.97 Å². The average molecular weight is 152 g/mol. The average Bonchev–Trinajstić information content (AvgIpc) is 2.01. The molecule has 0 radical (unpaired) electrons. The van der Waals surface area contributed by atoms with Crippen LogP contribution in [0.5, 0.6) is 0 Å². The normalized spacial score (nSPS) is 10.0. The van der Waals surface area contributed by atoms with Gasteiger partial charge < -0.3 is 4.74 Å². The quantitative estimate of drug-likeness (QED) is 0.647. The van der Waals surface area contributed by atoms with E-state index in [2.05, 4.69) is 9.97 Å². The van der Waals surface area contributed by atoms with Crippen molar-refractivity contribution in [2.24, 2.45) is 0 Å². The number of rotatable bonds is 3. The van der Waals surface area contributed by atoms with Crippen LogP contribution in [0.3, 0.4) is 0 Å². The van der Waals surface area contributed by atoms with Gasteiger partial charge in [0.2, 0.25) is 0 Å². The molecule has 3 nitrogen and oxygen atoms in total. The number of hydrogen-bond acceptors (Lipinski definition) is 3. The zero-order valence-electron chi connectivity index (χ0n) is 6.87. The fourth-order valence-corrected chi connectivity index (χ4v) is 0.851. The van der Waals surface area contributed by atoms with E-state index in [1.807, 2.05) is 13.0 Å². The van der Waals surface area contributed by atoms with E-state index in [1.165, 1.54) is 0 Å². The minimum Gasteiger partial charge on any atom is -0.384 e. The Labute approximate surface area is 66.4 Å². The Bertz CT molecular complexity index is 225. The van der Waals surface area contributed by atoms with Gasteiger partial charge in [0, 0.05) is 25.4 Å². The van der Waals surface area contributed by atoms with Crippen LogP contribution in [0.2, 0.25) is 0 Å². The van der Waals surface area contributed by atoms with Gasteiger partial charge in [0.05, 0.1) is 6.61 Å². The molecule has 0 N–H and O–H groups in total. The maximum atomic E-state index is 4.93. The Morgan fingerprint density at radius 2 is 2.36 bits per heavy atom. The lowest BCUT2D eigenvalue weighted by Crippen LogP contribution is -1.99. The first-order chi connectivity index (χ1) is 5.33. The SMILES string of the molecule is COCCc1ccnc(C)n1. The van der Waals surface area contributed by atoms with Crippen LogP contribution in [-0.4, -0.2) is 23.7 Å². The fraction of sp³-hybridized carbons (Fsp3) is 0.500. The summed E-state index contributed by atoms with van der Waals surface area (Å²) in [4.78, 5) is 8.22. The molecule has 0 aliphatic heterocycles. The van der Waals surface area contributed by atoms with E-state index >= 15 is 0 Å². The van der Waals surface area contributed by atoms with Crippen LogP contribution in [0.1, 0.15) is 11.5 Å². The van der Waals surface area contributed by atoms with Gasteiger partial charge in [-0.15, -0.1) is 0 Å². The molecule has 1 rings (SSSR count). The van der Waals surface area contributed by atoms with Gasteiger partial charge in [-0.25, -0.2) is 9.97 Å². The summed E-state index contributed by atoms with van der Waals surface area (Å²) in [6, 6.07) is 1.91. The van der Waals surface area contributed by atoms with Gasteiger partial charge in [0.1, 0.15) is 5.82 Å². The van der Waals surface area contributed by atoms with Crippen molar-refractivity contribution < 1.29 is 4.74 Å². The highest BCUT2D eigenvalue weighted by molar-refractivity contribution is 5.01. The molecule has 1 aromatic rings. The molecule has 1 aromatic heterocycles. The van der Waals surface area contributed by atoms with Crippen LogP contribution < -0.4 is 0 Å².